The first kappa shape index (κ1) is 15.9. The lowest BCUT2D eigenvalue weighted by Gasteiger charge is -2.17. The fourth-order valence-electron chi connectivity index (χ4n) is 1.62. The molecule has 5 heteroatoms. The minimum Gasteiger partial charge on any atom is -0.492 e. The zero-order chi connectivity index (χ0) is 14.3. The van der Waals surface area contributed by atoms with E-state index in [1.165, 1.54) is 0 Å². The maximum atomic E-state index is 9.85. The molecule has 1 rings (SSSR count). The average molecular weight is 269 g/mol. The van der Waals surface area contributed by atoms with Crippen LogP contribution >= 0.6 is 0 Å². The molecule has 0 saturated heterocycles. The van der Waals surface area contributed by atoms with Crippen LogP contribution in [0.3, 0.4) is 0 Å². The molecule has 19 heavy (non-hydrogen) atoms. The van der Waals surface area contributed by atoms with Gasteiger partial charge >= 0.3 is 0 Å². The smallest absolute Gasteiger partial charge is 0.119 e. The molecule has 0 aliphatic heterocycles. The minimum absolute atomic E-state index is 0.149. The first-order valence-corrected chi connectivity index (χ1v) is 6.39. The Labute approximate surface area is 114 Å². The van der Waals surface area contributed by atoms with Crippen LogP contribution in [0.1, 0.15) is 18.1 Å². The third kappa shape index (κ3) is 5.57. The molecule has 108 valence electrons. The highest BCUT2D eigenvalue weighted by Gasteiger charge is 2.17. The Balaban J connectivity index is 2.51. The zero-order valence-electron chi connectivity index (χ0n) is 11.5. The Hall–Kier alpha value is -1.14. The number of hydrogen-bond donors (Lipinski definition) is 3. The summed E-state index contributed by atoms with van der Waals surface area (Å²) in [5, 5.41) is 28.2. The van der Waals surface area contributed by atoms with E-state index in [0.717, 1.165) is 12.3 Å². The van der Waals surface area contributed by atoms with Crippen molar-refractivity contribution in [3.05, 3.63) is 29.8 Å². The van der Waals surface area contributed by atoms with Crippen molar-refractivity contribution < 1.29 is 20.1 Å². The van der Waals surface area contributed by atoms with Crippen molar-refractivity contribution in [1.82, 2.24) is 4.90 Å². The molecule has 0 bridgehead atoms. The summed E-state index contributed by atoms with van der Waals surface area (Å²) in [5.41, 5.74) is 0.612. The molecule has 0 heterocycles. The van der Waals surface area contributed by atoms with Crippen molar-refractivity contribution >= 4 is 0 Å². The van der Waals surface area contributed by atoms with Gasteiger partial charge in [0.1, 0.15) is 18.5 Å². The van der Waals surface area contributed by atoms with E-state index in [2.05, 4.69) is 0 Å². The van der Waals surface area contributed by atoms with Gasteiger partial charge in [-0.25, -0.2) is 0 Å². The standard InChI is InChI=1S/C14H23NO4/c1-15(2)8-10-19-12-5-3-11(4-6-12)14(18)13(17)7-9-16/h3-6,13-14,16-18H,7-10H2,1-2H3. The predicted octanol–water partition coefficient (Wildman–Crippen LogP) is 0.404. The van der Waals surface area contributed by atoms with E-state index in [4.69, 9.17) is 9.84 Å². The van der Waals surface area contributed by atoms with Gasteiger partial charge in [0.15, 0.2) is 0 Å². The van der Waals surface area contributed by atoms with E-state index >= 15 is 0 Å². The van der Waals surface area contributed by atoms with Gasteiger partial charge in [0.05, 0.1) is 6.10 Å². The van der Waals surface area contributed by atoms with Crippen molar-refractivity contribution in [3.8, 4) is 5.75 Å². The third-order valence-electron chi connectivity index (χ3n) is 2.82. The molecule has 0 spiro atoms. The van der Waals surface area contributed by atoms with Crippen LogP contribution in [-0.4, -0.2) is 60.2 Å². The van der Waals surface area contributed by atoms with Crippen LogP contribution in [0.25, 0.3) is 0 Å². The Kier molecular flexibility index (Phi) is 6.80. The van der Waals surface area contributed by atoms with Gasteiger partial charge in [0.2, 0.25) is 0 Å². The van der Waals surface area contributed by atoms with Crippen molar-refractivity contribution in [2.24, 2.45) is 0 Å². The average Bonchev–Trinajstić information content (AvgIpc) is 2.38. The van der Waals surface area contributed by atoms with Gasteiger partial charge in [-0.05, 0) is 38.2 Å². The topological polar surface area (TPSA) is 73.2 Å². The quantitative estimate of drug-likeness (QED) is 0.637. The van der Waals surface area contributed by atoms with Crippen molar-refractivity contribution in [2.45, 2.75) is 18.6 Å². The molecule has 1 aromatic rings. The monoisotopic (exact) mass is 269 g/mol. The molecule has 2 unspecified atom stereocenters. The lowest BCUT2D eigenvalue weighted by molar-refractivity contribution is 0.00419. The normalized spacial score (nSPS) is 14.4. The van der Waals surface area contributed by atoms with Crippen molar-refractivity contribution in [1.29, 1.82) is 0 Å². The molecular weight excluding hydrogens is 246 g/mol. The van der Waals surface area contributed by atoms with Gasteiger partial charge in [-0.3, -0.25) is 0 Å². The van der Waals surface area contributed by atoms with Crippen LogP contribution < -0.4 is 4.74 Å². The molecule has 5 nitrogen and oxygen atoms in total. The lowest BCUT2D eigenvalue weighted by atomic mass is 10.0. The largest absolute Gasteiger partial charge is 0.492 e. The summed E-state index contributed by atoms with van der Waals surface area (Å²) in [5.74, 6) is 0.731. The summed E-state index contributed by atoms with van der Waals surface area (Å²) in [6.45, 7) is 1.28. The highest BCUT2D eigenvalue weighted by atomic mass is 16.5. The summed E-state index contributed by atoms with van der Waals surface area (Å²) in [6, 6.07) is 6.96. The number of likely N-dealkylation sites (N-methyl/N-ethyl adjacent to an activating group) is 1. The zero-order valence-corrected chi connectivity index (χ0v) is 11.5. The highest BCUT2D eigenvalue weighted by Crippen LogP contribution is 2.21. The van der Waals surface area contributed by atoms with Crippen molar-refractivity contribution in [2.75, 3.05) is 33.9 Å². The van der Waals surface area contributed by atoms with Crippen LogP contribution in [0.5, 0.6) is 5.75 Å². The molecule has 0 aliphatic carbocycles. The van der Waals surface area contributed by atoms with E-state index < -0.39 is 12.2 Å². The first-order valence-electron chi connectivity index (χ1n) is 6.39. The molecule has 0 aromatic heterocycles. The molecule has 0 fully saturated rings. The van der Waals surface area contributed by atoms with Gasteiger partial charge in [-0.1, -0.05) is 12.1 Å². The van der Waals surface area contributed by atoms with Gasteiger partial charge in [0.25, 0.3) is 0 Å². The summed E-state index contributed by atoms with van der Waals surface area (Å²) in [7, 11) is 3.96. The van der Waals surface area contributed by atoms with Gasteiger partial charge in [-0.2, -0.15) is 0 Å². The number of hydrogen-bond acceptors (Lipinski definition) is 5. The molecule has 0 saturated carbocycles. The van der Waals surface area contributed by atoms with Gasteiger partial charge in [0, 0.05) is 13.2 Å². The maximum absolute atomic E-state index is 9.85. The van der Waals surface area contributed by atoms with E-state index in [1.54, 1.807) is 24.3 Å². The molecular formula is C14H23NO4. The van der Waals surface area contributed by atoms with Crippen LogP contribution in [0, 0.1) is 0 Å². The number of nitrogens with zero attached hydrogens (tertiary/aromatic N) is 1. The Morgan fingerprint density at radius 3 is 2.32 bits per heavy atom. The predicted molar refractivity (Wildman–Crippen MR) is 73.2 cm³/mol. The number of aliphatic hydroxyl groups is 3. The van der Waals surface area contributed by atoms with Gasteiger partial charge < -0.3 is 25.0 Å². The van der Waals surface area contributed by atoms with Crippen LogP contribution in [0.4, 0.5) is 0 Å². The SMILES string of the molecule is CN(C)CCOc1ccc(C(O)C(O)CCO)cc1. The molecule has 2 atom stereocenters. The summed E-state index contributed by atoms with van der Waals surface area (Å²) in [4.78, 5) is 2.03. The van der Waals surface area contributed by atoms with Gasteiger partial charge in [-0.15, -0.1) is 0 Å². The van der Waals surface area contributed by atoms with E-state index in [1.807, 2.05) is 19.0 Å². The Morgan fingerprint density at radius 1 is 1.16 bits per heavy atom. The van der Waals surface area contributed by atoms with E-state index in [0.29, 0.717) is 12.2 Å². The Bertz CT molecular complexity index is 353. The molecule has 0 radical (unpaired) electrons. The van der Waals surface area contributed by atoms with Crippen LogP contribution in [-0.2, 0) is 0 Å². The second-order valence-corrected chi connectivity index (χ2v) is 4.75. The summed E-state index contributed by atoms with van der Waals surface area (Å²) in [6.07, 6.45) is -1.78. The second-order valence-electron chi connectivity index (χ2n) is 4.75. The second kappa shape index (κ2) is 8.12. The first-order chi connectivity index (χ1) is 9.04. The maximum Gasteiger partial charge on any atom is 0.119 e. The fraction of sp³-hybridized carbons (Fsp3) is 0.571. The number of ether oxygens (including phenoxy) is 1. The Morgan fingerprint density at radius 2 is 1.79 bits per heavy atom. The summed E-state index contributed by atoms with van der Waals surface area (Å²) < 4.78 is 5.53. The highest BCUT2D eigenvalue weighted by molar-refractivity contribution is 5.29. The summed E-state index contributed by atoms with van der Waals surface area (Å²) >= 11 is 0. The number of benzene rings is 1. The molecule has 0 aliphatic rings. The van der Waals surface area contributed by atoms with Crippen LogP contribution in [0.15, 0.2) is 24.3 Å². The third-order valence-corrected chi connectivity index (χ3v) is 2.82. The fourth-order valence-corrected chi connectivity index (χ4v) is 1.62. The minimum atomic E-state index is -0.983. The number of aliphatic hydroxyl groups excluding tert-OH is 3. The molecule has 1 aromatic carbocycles. The van der Waals surface area contributed by atoms with Crippen molar-refractivity contribution in [3.63, 3.8) is 0 Å². The van der Waals surface area contributed by atoms with Crippen LogP contribution in [0.2, 0.25) is 0 Å². The molecule has 3 N–H and O–H groups in total. The lowest BCUT2D eigenvalue weighted by Crippen LogP contribution is -2.20. The van der Waals surface area contributed by atoms with E-state index in [9.17, 15) is 10.2 Å². The molecule has 0 amide bonds. The van der Waals surface area contributed by atoms with E-state index in [-0.39, 0.29) is 13.0 Å². The number of rotatable bonds is 8.